The normalized spacial score (nSPS) is 24.8. The molecule has 12 nitrogen and oxygen atoms in total. The Kier molecular flexibility index (Phi) is 11.0. The zero-order chi connectivity index (χ0) is 38.2. The van der Waals surface area contributed by atoms with Gasteiger partial charge in [-0.3, -0.25) is 14.5 Å². The molecule has 3 unspecified atom stereocenters. The Bertz CT molecular complexity index is 1940. The molecule has 55 heavy (non-hydrogen) atoms. The molecule has 2 bridgehead atoms. The van der Waals surface area contributed by atoms with Gasteiger partial charge in [0.1, 0.15) is 0 Å². The molecule has 2 saturated carbocycles. The van der Waals surface area contributed by atoms with Gasteiger partial charge in [-0.25, -0.2) is 4.79 Å². The number of aliphatic hydroxyl groups is 1. The number of Topliss-reactive ketones (excluding diaryl/α,β-unsaturated/α-hetero) is 1. The minimum atomic E-state index is -1.08. The van der Waals surface area contributed by atoms with Crippen molar-refractivity contribution in [2.24, 2.45) is 5.92 Å². The Labute approximate surface area is 330 Å². The Hall–Kier alpha value is -3.91. The van der Waals surface area contributed by atoms with Gasteiger partial charge in [-0.1, -0.05) is 53.5 Å². The number of piperidine rings is 1. The summed E-state index contributed by atoms with van der Waals surface area (Å²) in [5.41, 5.74) is 2.11. The molecular formula is C41H46Cl2N4O8. The van der Waals surface area contributed by atoms with Crippen LogP contribution in [0.25, 0.3) is 0 Å². The Morgan fingerprint density at radius 2 is 1.67 bits per heavy atom. The molecule has 5 aliphatic rings. The molecule has 2 heterocycles. The smallest absolute Gasteiger partial charge is 0.412 e. The van der Waals surface area contributed by atoms with Gasteiger partial charge >= 0.3 is 6.09 Å². The van der Waals surface area contributed by atoms with Crippen molar-refractivity contribution in [3.8, 4) is 11.5 Å². The van der Waals surface area contributed by atoms with Gasteiger partial charge in [-0.2, -0.15) is 0 Å². The van der Waals surface area contributed by atoms with Crippen LogP contribution in [0.15, 0.2) is 54.6 Å². The van der Waals surface area contributed by atoms with Crippen molar-refractivity contribution >= 4 is 52.4 Å². The Morgan fingerprint density at radius 1 is 0.927 bits per heavy atom. The quantitative estimate of drug-likeness (QED) is 0.140. The highest BCUT2D eigenvalue weighted by Gasteiger charge is 2.73. The fourth-order valence-corrected chi connectivity index (χ4v) is 9.56. The van der Waals surface area contributed by atoms with E-state index in [1.165, 1.54) is 12.8 Å². The number of ether oxygens (including phenoxy) is 4. The number of rotatable bonds is 16. The maximum Gasteiger partial charge on any atom is 0.412 e. The van der Waals surface area contributed by atoms with Gasteiger partial charge in [-0.15, -0.1) is 0 Å². The van der Waals surface area contributed by atoms with Crippen LogP contribution in [0.2, 0.25) is 10.0 Å². The van der Waals surface area contributed by atoms with Crippen molar-refractivity contribution in [3.05, 3.63) is 81.3 Å². The number of halogens is 2. The van der Waals surface area contributed by atoms with Crippen LogP contribution >= 0.6 is 23.2 Å². The molecular weight excluding hydrogens is 747 g/mol. The van der Waals surface area contributed by atoms with E-state index in [9.17, 15) is 19.5 Å². The summed E-state index contributed by atoms with van der Waals surface area (Å²) in [6.45, 7) is 3.50. The van der Waals surface area contributed by atoms with Gasteiger partial charge in [0, 0.05) is 43.3 Å². The van der Waals surface area contributed by atoms with E-state index >= 15 is 0 Å². The standard InChI is InChI=1S/C41H46Cl2N4O8/c42-28-5-3-6-29(43)36(28)46-30-7-2-1-4-26(30)23-34(49)44-15-18-52-20-21-53-19-16-45-39(50)54-32-11-10-27-22-33-41(51)13-12-31(48)38-40(41,35(27)37(32)55-38)14-17-47(33)24-25-8-9-25/h1-7,10-11,25,33,38,46,51H,8-9,12-24H2,(H,44,49)(H,45,50)/t33?,38?,40?,41-/m1/s1. The predicted octanol–water partition coefficient (Wildman–Crippen LogP) is 5.35. The Morgan fingerprint density at radius 3 is 2.44 bits per heavy atom. The molecule has 3 aromatic carbocycles. The first-order valence-electron chi connectivity index (χ1n) is 19.2. The number of para-hydroxylation sites is 2. The summed E-state index contributed by atoms with van der Waals surface area (Å²) in [5, 5.41) is 22.2. The molecule has 292 valence electrons. The molecule has 14 heteroatoms. The number of anilines is 2. The van der Waals surface area contributed by atoms with Gasteiger partial charge in [0.05, 0.1) is 59.6 Å². The summed E-state index contributed by atoms with van der Waals surface area (Å²) in [6.07, 6.45) is 3.19. The van der Waals surface area contributed by atoms with Crippen LogP contribution in [-0.4, -0.2) is 98.1 Å². The Balaban J connectivity index is 0.749. The van der Waals surface area contributed by atoms with Gasteiger partial charge in [-0.05, 0) is 80.0 Å². The van der Waals surface area contributed by atoms with Crippen LogP contribution in [-0.2, 0) is 37.3 Å². The number of nitrogens with one attached hydrogen (secondary N) is 3. The largest absolute Gasteiger partial charge is 0.477 e. The van der Waals surface area contributed by atoms with Gasteiger partial charge in [0.2, 0.25) is 5.91 Å². The van der Waals surface area contributed by atoms with E-state index < -0.39 is 23.2 Å². The van der Waals surface area contributed by atoms with Crippen molar-refractivity contribution < 1.29 is 38.4 Å². The topological polar surface area (TPSA) is 148 Å². The number of hydrogen-bond donors (Lipinski definition) is 4. The molecule has 4 atom stereocenters. The third-order valence-electron chi connectivity index (χ3n) is 11.8. The number of benzene rings is 3. The summed E-state index contributed by atoms with van der Waals surface area (Å²) in [6, 6.07) is 16.4. The maximum absolute atomic E-state index is 13.3. The molecule has 3 aromatic rings. The summed E-state index contributed by atoms with van der Waals surface area (Å²) in [4.78, 5) is 41.2. The molecule has 3 aliphatic carbocycles. The first kappa shape index (κ1) is 38.0. The zero-order valence-electron chi connectivity index (χ0n) is 30.5. The van der Waals surface area contributed by atoms with E-state index in [1.807, 2.05) is 30.3 Å². The average molecular weight is 794 g/mol. The lowest BCUT2D eigenvalue weighted by atomic mass is 9.49. The van der Waals surface area contributed by atoms with E-state index in [4.69, 9.17) is 42.1 Å². The van der Waals surface area contributed by atoms with E-state index in [0.717, 1.165) is 35.5 Å². The van der Waals surface area contributed by atoms with Crippen molar-refractivity contribution in [2.75, 3.05) is 57.9 Å². The number of nitrogens with zero attached hydrogens (tertiary/aromatic N) is 1. The third kappa shape index (κ3) is 7.40. The van der Waals surface area contributed by atoms with Crippen LogP contribution in [0.4, 0.5) is 16.2 Å². The van der Waals surface area contributed by atoms with Crippen LogP contribution in [0.1, 0.15) is 48.8 Å². The fraction of sp³-hybridized carbons (Fsp3) is 0.488. The SMILES string of the molecule is O=C(Cc1ccccc1Nc1c(Cl)cccc1Cl)NCCOCCOCCNC(=O)Oc1ccc2c3c1OC1C(=O)CC[C@@]4(O)C(C2)N(CC2CC2)CCC314. The minimum absolute atomic E-state index is 0.00344. The van der Waals surface area contributed by atoms with Crippen molar-refractivity contribution in [3.63, 3.8) is 0 Å². The van der Waals surface area contributed by atoms with Gasteiger partial charge < -0.3 is 40.0 Å². The predicted molar refractivity (Wildman–Crippen MR) is 207 cm³/mol. The number of carbonyl (C=O) groups is 3. The monoisotopic (exact) mass is 792 g/mol. The molecule has 1 spiro atoms. The summed E-state index contributed by atoms with van der Waals surface area (Å²) >= 11 is 12.6. The van der Waals surface area contributed by atoms with Gasteiger partial charge in [0.15, 0.2) is 23.4 Å². The first-order valence-corrected chi connectivity index (χ1v) is 19.9. The second-order valence-electron chi connectivity index (χ2n) is 15.1. The second kappa shape index (κ2) is 15.9. The minimum Gasteiger partial charge on any atom is -0.477 e. The number of amides is 2. The number of carbonyl (C=O) groups excluding carboxylic acids is 3. The maximum atomic E-state index is 13.3. The van der Waals surface area contributed by atoms with E-state index in [0.29, 0.717) is 73.0 Å². The van der Waals surface area contributed by atoms with Crippen molar-refractivity contribution in [1.82, 2.24) is 15.5 Å². The zero-order valence-corrected chi connectivity index (χ0v) is 32.1. The highest BCUT2D eigenvalue weighted by molar-refractivity contribution is 6.39. The van der Waals surface area contributed by atoms with Crippen molar-refractivity contribution in [2.45, 2.75) is 68.1 Å². The van der Waals surface area contributed by atoms with Crippen LogP contribution < -0.4 is 25.4 Å². The number of ketones is 1. The molecule has 0 aromatic heterocycles. The summed E-state index contributed by atoms with van der Waals surface area (Å²) in [7, 11) is 0. The van der Waals surface area contributed by atoms with Crippen LogP contribution in [0.5, 0.6) is 11.5 Å². The van der Waals surface area contributed by atoms with E-state index in [2.05, 4.69) is 20.9 Å². The fourth-order valence-electron chi connectivity index (χ4n) is 9.06. The van der Waals surface area contributed by atoms with Gasteiger partial charge in [0.25, 0.3) is 0 Å². The highest BCUT2D eigenvalue weighted by Crippen LogP contribution is 2.65. The lowest BCUT2D eigenvalue weighted by Crippen LogP contribution is -2.76. The van der Waals surface area contributed by atoms with E-state index in [-0.39, 0.29) is 49.5 Å². The molecule has 2 aliphatic heterocycles. The first-order chi connectivity index (χ1) is 26.7. The van der Waals surface area contributed by atoms with Crippen LogP contribution in [0, 0.1) is 5.92 Å². The molecule has 2 amide bonds. The molecule has 4 N–H and O–H groups in total. The number of likely N-dealkylation sites (tertiary alicyclic amines) is 1. The lowest BCUT2D eigenvalue weighted by Gasteiger charge is -2.62. The molecule has 1 saturated heterocycles. The summed E-state index contributed by atoms with van der Waals surface area (Å²) < 4.78 is 23.3. The van der Waals surface area contributed by atoms with Crippen LogP contribution in [0.3, 0.4) is 0 Å². The molecule has 8 rings (SSSR count). The van der Waals surface area contributed by atoms with Crippen molar-refractivity contribution in [1.29, 1.82) is 0 Å². The lowest BCUT2D eigenvalue weighted by molar-refractivity contribution is -0.188. The van der Waals surface area contributed by atoms with E-state index in [1.54, 1.807) is 24.3 Å². The highest BCUT2D eigenvalue weighted by atomic mass is 35.5. The third-order valence-corrected chi connectivity index (χ3v) is 12.4. The average Bonchev–Trinajstić information content (AvgIpc) is 3.91. The second-order valence-corrected chi connectivity index (χ2v) is 16.0. The number of hydrogen-bond acceptors (Lipinski definition) is 10. The molecule has 3 fully saturated rings. The molecule has 0 radical (unpaired) electrons. The summed E-state index contributed by atoms with van der Waals surface area (Å²) in [5.74, 6) is 1.20.